The first-order chi connectivity index (χ1) is 9.49. The van der Waals surface area contributed by atoms with Crippen molar-refractivity contribution in [3.63, 3.8) is 0 Å². The van der Waals surface area contributed by atoms with Crippen molar-refractivity contribution in [3.8, 4) is 5.75 Å². The largest absolute Gasteiger partial charge is 0.508 e. The maximum Gasteiger partial charge on any atom is 0.227 e. The number of piperidine rings is 1. The molecule has 20 heavy (non-hydrogen) atoms. The van der Waals surface area contributed by atoms with Gasteiger partial charge in [0.25, 0.3) is 0 Å². The number of benzene rings is 1. The molecule has 4 nitrogen and oxygen atoms in total. The van der Waals surface area contributed by atoms with E-state index < -0.39 is 0 Å². The van der Waals surface area contributed by atoms with Gasteiger partial charge in [0.1, 0.15) is 5.75 Å². The van der Waals surface area contributed by atoms with Crippen LogP contribution < -0.4 is 10.6 Å². The van der Waals surface area contributed by atoms with Crippen LogP contribution in [0.1, 0.15) is 43.7 Å². The van der Waals surface area contributed by atoms with Gasteiger partial charge in [0.2, 0.25) is 5.91 Å². The molecule has 1 heterocycles. The summed E-state index contributed by atoms with van der Waals surface area (Å²) < 4.78 is 0. The summed E-state index contributed by atoms with van der Waals surface area (Å²) in [6.45, 7) is 7.78. The molecular formula is C16H24N2O2. The van der Waals surface area contributed by atoms with E-state index in [4.69, 9.17) is 0 Å². The second-order valence-electron chi connectivity index (χ2n) is 5.89. The van der Waals surface area contributed by atoms with Gasteiger partial charge in [-0.1, -0.05) is 13.8 Å². The molecule has 1 aliphatic heterocycles. The number of amides is 1. The molecule has 1 saturated heterocycles. The number of carbonyl (C=O) groups is 1. The normalized spacial score (nSPS) is 16.4. The molecule has 0 radical (unpaired) electrons. The molecular weight excluding hydrogens is 252 g/mol. The summed E-state index contributed by atoms with van der Waals surface area (Å²) in [6.07, 6.45) is 1.78. The molecule has 0 unspecified atom stereocenters. The van der Waals surface area contributed by atoms with Crippen molar-refractivity contribution in [1.82, 2.24) is 5.32 Å². The molecule has 1 fully saturated rings. The maximum atomic E-state index is 12.3. The first-order valence-electron chi connectivity index (χ1n) is 7.34. The average molecular weight is 276 g/mol. The van der Waals surface area contributed by atoms with E-state index in [1.807, 2.05) is 26.8 Å². The molecule has 1 aromatic rings. The number of aryl methyl sites for hydroxylation is 1. The summed E-state index contributed by atoms with van der Waals surface area (Å²) in [5.41, 5.74) is 2.58. The number of carbonyl (C=O) groups excluding carboxylic acids is 1. The molecule has 1 amide bonds. The summed E-state index contributed by atoms with van der Waals surface area (Å²) in [5.74, 6) is 0.712. The highest BCUT2D eigenvalue weighted by atomic mass is 16.3. The molecule has 1 aliphatic rings. The van der Waals surface area contributed by atoms with E-state index in [-0.39, 0.29) is 17.7 Å². The van der Waals surface area contributed by atoms with Crippen molar-refractivity contribution in [3.05, 3.63) is 23.3 Å². The molecule has 0 aromatic heterocycles. The van der Waals surface area contributed by atoms with Crippen molar-refractivity contribution < 1.29 is 9.90 Å². The van der Waals surface area contributed by atoms with Crippen molar-refractivity contribution in [2.45, 2.75) is 39.5 Å². The predicted octanol–water partition coefficient (Wildman–Crippen LogP) is 2.76. The first-order valence-corrected chi connectivity index (χ1v) is 7.34. The SMILES string of the molecule is Cc1cc(O)c(C(C)C)cc1NC(=O)C1CCNCC1. The third-order valence-corrected chi connectivity index (χ3v) is 3.96. The van der Waals surface area contributed by atoms with Crippen LogP contribution in [0, 0.1) is 12.8 Å². The number of aromatic hydroxyl groups is 1. The third-order valence-electron chi connectivity index (χ3n) is 3.96. The minimum Gasteiger partial charge on any atom is -0.508 e. The minimum atomic E-state index is 0.0898. The van der Waals surface area contributed by atoms with Crippen molar-refractivity contribution in [2.24, 2.45) is 5.92 Å². The number of phenols is 1. The number of rotatable bonds is 3. The fourth-order valence-corrected chi connectivity index (χ4v) is 2.63. The van der Waals surface area contributed by atoms with Crippen LogP contribution >= 0.6 is 0 Å². The Morgan fingerprint density at radius 2 is 2.00 bits per heavy atom. The highest BCUT2D eigenvalue weighted by molar-refractivity contribution is 5.93. The molecule has 0 bridgehead atoms. The lowest BCUT2D eigenvalue weighted by atomic mass is 9.96. The average Bonchev–Trinajstić information content (AvgIpc) is 2.42. The highest BCUT2D eigenvalue weighted by Gasteiger charge is 2.21. The van der Waals surface area contributed by atoms with Crippen LogP contribution in [-0.2, 0) is 4.79 Å². The Labute approximate surface area is 120 Å². The standard InChI is InChI=1S/C16H24N2O2/c1-10(2)13-9-14(11(3)8-15(13)19)18-16(20)12-4-6-17-7-5-12/h8-10,12,17,19H,4-7H2,1-3H3,(H,18,20). The third kappa shape index (κ3) is 3.31. The molecule has 2 rings (SSSR count). The second-order valence-corrected chi connectivity index (χ2v) is 5.89. The van der Waals surface area contributed by atoms with E-state index in [1.54, 1.807) is 6.07 Å². The van der Waals surface area contributed by atoms with E-state index in [9.17, 15) is 9.90 Å². The Balaban J connectivity index is 2.15. The quantitative estimate of drug-likeness (QED) is 0.744. The first kappa shape index (κ1) is 14.9. The summed E-state index contributed by atoms with van der Waals surface area (Å²) in [6, 6.07) is 3.63. The van der Waals surface area contributed by atoms with Gasteiger partial charge in [-0.05, 0) is 62.0 Å². The van der Waals surface area contributed by atoms with Crippen LogP contribution in [0.15, 0.2) is 12.1 Å². The lowest BCUT2D eigenvalue weighted by Gasteiger charge is -2.22. The van der Waals surface area contributed by atoms with Gasteiger partial charge in [0, 0.05) is 11.6 Å². The van der Waals surface area contributed by atoms with Crippen LogP contribution in [0.2, 0.25) is 0 Å². The van der Waals surface area contributed by atoms with Gasteiger partial charge in [-0.2, -0.15) is 0 Å². The summed E-state index contributed by atoms with van der Waals surface area (Å²) >= 11 is 0. The molecule has 0 spiro atoms. The van der Waals surface area contributed by atoms with E-state index in [0.29, 0.717) is 5.75 Å². The number of phenolic OH excluding ortho intramolecular Hbond substituents is 1. The van der Waals surface area contributed by atoms with E-state index in [1.165, 1.54) is 0 Å². The summed E-state index contributed by atoms with van der Waals surface area (Å²) in [4.78, 5) is 12.3. The van der Waals surface area contributed by atoms with Gasteiger partial charge in [0.05, 0.1) is 0 Å². The Morgan fingerprint density at radius 3 is 2.60 bits per heavy atom. The van der Waals surface area contributed by atoms with E-state index in [2.05, 4.69) is 10.6 Å². The fourth-order valence-electron chi connectivity index (χ4n) is 2.63. The van der Waals surface area contributed by atoms with Crippen LogP contribution in [0.4, 0.5) is 5.69 Å². The van der Waals surface area contributed by atoms with Gasteiger partial charge in [-0.3, -0.25) is 4.79 Å². The van der Waals surface area contributed by atoms with Gasteiger partial charge >= 0.3 is 0 Å². The zero-order chi connectivity index (χ0) is 14.7. The smallest absolute Gasteiger partial charge is 0.227 e. The topological polar surface area (TPSA) is 61.4 Å². The van der Waals surface area contributed by atoms with Gasteiger partial charge < -0.3 is 15.7 Å². The summed E-state index contributed by atoms with van der Waals surface area (Å²) in [5, 5.41) is 16.2. The van der Waals surface area contributed by atoms with E-state index in [0.717, 1.165) is 42.7 Å². The van der Waals surface area contributed by atoms with Crippen LogP contribution in [0.25, 0.3) is 0 Å². The number of hydrogen-bond acceptors (Lipinski definition) is 3. The number of anilines is 1. The monoisotopic (exact) mass is 276 g/mol. The molecule has 110 valence electrons. The molecule has 0 atom stereocenters. The Kier molecular flexibility index (Phi) is 4.65. The van der Waals surface area contributed by atoms with Crippen molar-refractivity contribution >= 4 is 11.6 Å². The van der Waals surface area contributed by atoms with Gasteiger partial charge in [-0.15, -0.1) is 0 Å². The predicted molar refractivity (Wildman–Crippen MR) is 81.2 cm³/mol. The Hall–Kier alpha value is -1.55. The maximum absolute atomic E-state index is 12.3. The molecule has 0 aliphatic carbocycles. The van der Waals surface area contributed by atoms with Crippen molar-refractivity contribution in [2.75, 3.05) is 18.4 Å². The Morgan fingerprint density at radius 1 is 1.35 bits per heavy atom. The van der Waals surface area contributed by atoms with Crippen LogP contribution in [0.5, 0.6) is 5.75 Å². The van der Waals surface area contributed by atoms with E-state index >= 15 is 0 Å². The lowest BCUT2D eigenvalue weighted by Crippen LogP contribution is -2.34. The van der Waals surface area contributed by atoms with Crippen molar-refractivity contribution in [1.29, 1.82) is 0 Å². The fraction of sp³-hybridized carbons (Fsp3) is 0.562. The summed E-state index contributed by atoms with van der Waals surface area (Å²) in [7, 11) is 0. The highest BCUT2D eigenvalue weighted by Crippen LogP contribution is 2.31. The molecule has 3 N–H and O–H groups in total. The van der Waals surface area contributed by atoms with Crippen LogP contribution in [-0.4, -0.2) is 24.1 Å². The van der Waals surface area contributed by atoms with Crippen LogP contribution in [0.3, 0.4) is 0 Å². The molecule has 1 aromatic carbocycles. The second kappa shape index (κ2) is 6.27. The number of hydrogen-bond donors (Lipinski definition) is 3. The zero-order valence-corrected chi connectivity index (χ0v) is 12.5. The lowest BCUT2D eigenvalue weighted by molar-refractivity contribution is -0.120. The molecule has 4 heteroatoms. The Bertz CT molecular complexity index is 491. The number of nitrogens with one attached hydrogen (secondary N) is 2. The van der Waals surface area contributed by atoms with Gasteiger partial charge in [-0.25, -0.2) is 0 Å². The zero-order valence-electron chi connectivity index (χ0n) is 12.5. The molecule has 0 saturated carbocycles. The van der Waals surface area contributed by atoms with Gasteiger partial charge in [0.15, 0.2) is 0 Å². The minimum absolute atomic E-state index is 0.0898.